The fourth-order valence-corrected chi connectivity index (χ4v) is 3.65. The van der Waals surface area contributed by atoms with Gasteiger partial charge in [-0.05, 0) is 48.2 Å². The van der Waals surface area contributed by atoms with E-state index < -0.39 is 29.6 Å². The number of likely N-dealkylation sites (tertiary alicyclic amines) is 1. The lowest BCUT2D eigenvalue weighted by atomic mass is 10.1. The molecule has 1 aliphatic heterocycles. The molecule has 0 saturated carbocycles. The Morgan fingerprint density at radius 3 is 2.44 bits per heavy atom. The Balaban J connectivity index is 1.59. The number of likely N-dealkylation sites (N-methyl/N-ethyl adjacent to an activating group) is 1. The summed E-state index contributed by atoms with van der Waals surface area (Å²) in [7, 11) is 1.62. The molecule has 1 heterocycles. The molecule has 1 unspecified atom stereocenters. The number of phenols is 1. The largest absolute Gasteiger partial charge is 0.508 e. The van der Waals surface area contributed by atoms with Gasteiger partial charge in [0.1, 0.15) is 17.6 Å². The molecule has 10 heteroatoms. The van der Waals surface area contributed by atoms with E-state index in [4.69, 9.17) is 0 Å². The van der Waals surface area contributed by atoms with Crippen molar-refractivity contribution < 1.29 is 32.3 Å². The van der Waals surface area contributed by atoms with Crippen molar-refractivity contribution in [1.29, 1.82) is 0 Å². The highest BCUT2D eigenvalue weighted by Gasteiger charge is 2.36. The molecule has 1 aliphatic rings. The molecule has 32 heavy (non-hydrogen) atoms. The van der Waals surface area contributed by atoms with Gasteiger partial charge < -0.3 is 20.2 Å². The van der Waals surface area contributed by atoms with Crippen LogP contribution in [-0.2, 0) is 24.1 Å². The molecule has 3 amide bonds. The molecule has 0 bridgehead atoms. The van der Waals surface area contributed by atoms with Gasteiger partial charge in [0.05, 0.1) is 5.56 Å². The maximum absolute atomic E-state index is 13.7. The van der Waals surface area contributed by atoms with Crippen molar-refractivity contribution in [2.75, 3.05) is 13.6 Å². The van der Waals surface area contributed by atoms with Gasteiger partial charge in [-0.2, -0.15) is 13.2 Å². The Bertz CT molecular complexity index is 979. The van der Waals surface area contributed by atoms with Gasteiger partial charge in [0.15, 0.2) is 0 Å². The van der Waals surface area contributed by atoms with Crippen molar-refractivity contribution in [3.63, 3.8) is 0 Å². The predicted octanol–water partition coefficient (Wildman–Crippen LogP) is 3.88. The molecule has 2 aromatic rings. The predicted molar refractivity (Wildman–Crippen MR) is 108 cm³/mol. The van der Waals surface area contributed by atoms with Crippen LogP contribution in [0.4, 0.5) is 22.4 Å². The summed E-state index contributed by atoms with van der Waals surface area (Å²) < 4.78 is 51.7. The number of nitrogens with zero attached hydrogens (tertiary/aromatic N) is 2. The maximum Gasteiger partial charge on any atom is 0.419 e. The highest BCUT2D eigenvalue weighted by molar-refractivity contribution is 5.87. The number of carbonyl (C=O) groups is 2. The number of benzene rings is 2. The molecular weight excluding hydrogens is 430 g/mol. The van der Waals surface area contributed by atoms with E-state index in [0.29, 0.717) is 32.0 Å². The van der Waals surface area contributed by atoms with Crippen LogP contribution in [0.5, 0.6) is 5.75 Å². The van der Waals surface area contributed by atoms with Gasteiger partial charge in [0.25, 0.3) is 0 Å². The minimum absolute atomic E-state index is 0.120. The fourth-order valence-electron chi connectivity index (χ4n) is 3.65. The Morgan fingerprint density at radius 2 is 1.81 bits per heavy atom. The quantitative estimate of drug-likeness (QED) is 0.675. The van der Waals surface area contributed by atoms with Crippen molar-refractivity contribution in [2.24, 2.45) is 0 Å². The molecule has 2 aromatic carbocycles. The Hall–Kier alpha value is -3.30. The molecule has 172 valence electrons. The van der Waals surface area contributed by atoms with Crippen LogP contribution in [0.15, 0.2) is 42.5 Å². The molecule has 0 aromatic heterocycles. The minimum atomic E-state index is -4.79. The van der Waals surface area contributed by atoms with Crippen molar-refractivity contribution in [3.05, 3.63) is 65.0 Å². The third kappa shape index (κ3) is 5.49. The number of aromatic hydroxyl groups is 1. The van der Waals surface area contributed by atoms with Crippen LogP contribution in [0.3, 0.4) is 0 Å². The lowest BCUT2D eigenvalue weighted by Crippen LogP contribution is -2.49. The average Bonchev–Trinajstić information content (AvgIpc) is 3.22. The fraction of sp³-hybridized carbons (Fsp3) is 0.364. The van der Waals surface area contributed by atoms with E-state index in [1.165, 1.54) is 21.9 Å². The standard InChI is InChI=1S/C22H23F4N3O3/c1-28(13-14-4-7-16(30)8-5-14)20(31)19-3-2-10-29(19)21(32)27-12-15-6-9-17(18(23)11-15)22(24,25)26/h4-9,11,19,30H,2-3,10,12-13H2,1H3,(H,27,32). The van der Waals surface area contributed by atoms with Crippen LogP contribution in [0.2, 0.25) is 0 Å². The van der Waals surface area contributed by atoms with Gasteiger partial charge in [0.2, 0.25) is 5.91 Å². The van der Waals surface area contributed by atoms with Crippen LogP contribution in [0.25, 0.3) is 0 Å². The number of halogens is 4. The zero-order valence-electron chi connectivity index (χ0n) is 17.3. The lowest BCUT2D eigenvalue weighted by molar-refractivity contribution is -0.140. The van der Waals surface area contributed by atoms with Gasteiger partial charge in [0, 0.05) is 26.7 Å². The first kappa shape index (κ1) is 23.4. The highest BCUT2D eigenvalue weighted by Crippen LogP contribution is 2.31. The van der Waals surface area contributed by atoms with Crippen molar-refractivity contribution >= 4 is 11.9 Å². The number of amides is 3. The summed E-state index contributed by atoms with van der Waals surface area (Å²) in [4.78, 5) is 28.4. The number of hydrogen-bond acceptors (Lipinski definition) is 3. The molecule has 0 aliphatic carbocycles. The zero-order valence-corrected chi connectivity index (χ0v) is 17.3. The summed E-state index contributed by atoms with van der Waals surface area (Å²) >= 11 is 0. The second kappa shape index (κ2) is 9.46. The monoisotopic (exact) mass is 453 g/mol. The van der Waals surface area contributed by atoms with Crippen LogP contribution in [0, 0.1) is 5.82 Å². The number of carbonyl (C=O) groups excluding carboxylic acids is 2. The maximum atomic E-state index is 13.7. The molecule has 0 spiro atoms. The average molecular weight is 453 g/mol. The van der Waals surface area contributed by atoms with Crippen molar-refractivity contribution in [1.82, 2.24) is 15.1 Å². The topological polar surface area (TPSA) is 72.9 Å². The number of rotatable bonds is 5. The molecular formula is C22H23F4N3O3. The SMILES string of the molecule is CN(Cc1ccc(O)cc1)C(=O)C1CCCN1C(=O)NCc1ccc(C(F)(F)F)c(F)c1. The first-order valence-electron chi connectivity index (χ1n) is 9.99. The summed E-state index contributed by atoms with van der Waals surface area (Å²) in [5.74, 6) is -1.53. The Kier molecular flexibility index (Phi) is 6.90. The van der Waals surface area contributed by atoms with Crippen molar-refractivity contribution in [3.8, 4) is 5.75 Å². The molecule has 6 nitrogen and oxygen atoms in total. The first-order valence-corrected chi connectivity index (χ1v) is 9.99. The van der Waals surface area contributed by atoms with Crippen LogP contribution < -0.4 is 5.32 Å². The molecule has 2 N–H and O–H groups in total. The summed E-state index contributed by atoms with van der Waals surface area (Å²) in [6.45, 7) is 0.487. The first-order chi connectivity index (χ1) is 15.1. The van der Waals surface area contributed by atoms with E-state index in [0.717, 1.165) is 17.7 Å². The van der Waals surface area contributed by atoms with Crippen LogP contribution >= 0.6 is 0 Å². The molecule has 1 atom stereocenters. The van der Waals surface area contributed by atoms with E-state index in [-0.39, 0.29) is 23.8 Å². The third-order valence-electron chi connectivity index (χ3n) is 5.31. The molecule has 3 rings (SSSR count). The lowest BCUT2D eigenvalue weighted by Gasteiger charge is -2.28. The van der Waals surface area contributed by atoms with E-state index in [9.17, 15) is 32.3 Å². The second-order valence-electron chi connectivity index (χ2n) is 7.68. The Morgan fingerprint density at radius 1 is 1.16 bits per heavy atom. The van der Waals surface area contributed by atoms with E-state index in [1.807, 2.05) is 0 Å². The number of urea groups is 1. The Labute approximate surface area is 182 Å². The van der Waals surface area contributed by atoms with Gasteiger partial charge in [-0.1, -0.05) is 18.2 Å². The number of phenolic OH excluding ortho intramolecular Hbond substituents is 1. The number of alkyl halides is 3. The number of hydrogen-bond donors (Lipinski definition) is 2. The highest BCUT2D eigenvalue weighted by atomic mass is 19.4. The van der Waals surface area contributed by atoms with E-state index in [2.05, 4.69) is 5.32 Å². The summed E-state index contributed by atoms with van der Waals surface area (Å²) in [5, 5.41) is 11.9. The minimum Gasteiger partial charge on any atom is -0.508 e. The van der Waals surface area contributed by atoms with Crippen LogP contribution in [0.1, 0.15) is 29.5 Å². The third-order valence-corrected chi connectivity index (χ3v) is 5.31. The number of nitrogens with one attached hydrogen (secondary N) is 1. The summed E-state index contributed by atoms with van der Waals surface area (Å²) in [6.07, 6.45) is -3.67. The molecule has 0 radical (unpaired) electrons. The molecule has 1 fully saturated rings. The van der Waals surface area contributed by atoms with E-state index >= 15 is 0 Å². The summed E-state index contributed by atoms with van der Waals surface area (Å²) in [5.41, 5.74) is -0.373. The zero-order chi connectivity index (χ0) is 23.5. The van der Waals surface area contributed by atoms with Crippen molar-refractivity contribution in [2.45, 2.75) is 38.1 Å². The van der Waals surface area contributed by atoms with Gasteiger partial charge in [-0.15, -0.1) is 0 Å². The van der Waals surface area contributed by atoms with E-state index in [1.54, 1.807) is 19.2 Å². The van der Waals surface area contributed by atoms with Gasteiger partial charge >= 0.3 is 12.2 Å². The second-order valence-corrected chi connectivity index (χ2v) is 7.68. The van der Waals surface area contributed by atoms with Gasteiger partial charge in [-0.3, -0.25) is 4.79 Å². The molecule has 1 saturated heterocycles. The summed E-state index contributed by atoms with van der Waals surface area (Å²) in [6, 6.07) is 7.70. The van der Waals surface area contributed by atoms with Gasteiger partial charge in [-0.25, -0.2) is 9.18 Å². The smallest absolute Gasteiger partial charge is 0.419 e. The van der Waals surface area contributed by atoms with Crippen LogP contribution in [-0.4, -0.2) is 46.5 Å². The normalized spacial score (nSPS) is 16.2.